The third-order valence-corrected chi connectivity index (χ3v) is 3.06. The maximum atomic E-state index is 13.6. The van der Waals surface area contributed by atoms with E-state index in [1.54, 1.807) is 0 Å². The Morgan fingerprint density at radius 2 is 1.90 bits per heavy atom. The maximum absolute atomic E-state index is 13.6. The fourth-order valence-electron chi connectivity index (χ4n) is 1.91. The van der Waals surface area contributed by atoms with Gasteiger partial charge in [0.25, 0.3) is 5.91 Å². The van der Waals surface area contributed by atoms with Crippen LogP contribution in [0.4, 0.5) is 4.39 Å². The number of amides is 1. The monoisotopic (exact) mass is 273 g/mol. The van der Waals surface area contributed by atoms with E-state index in [0.717, 1.165) is 5.56 Å². The molecule has 4 heteroatoms. The number of benzene rings is 2. The normalized spacial score (nSPS) is 11.8. The fraction of sp³-hybridized carbons (Fsp3) is 0.188. The van der Waals surface area contributed by atoms with Crippen LogP contribution in [0.15, 0.2) is 48.5 Å². The summed E-state index contributed by atoms with van der Waals surface area (Å²) in [6, 6.07) is 13.6. The molecule has 0 heterocycles. The maximum Gasteiger partial charge on any atom is 0.251 e. The molecule has 2 aromatic carbocycles. The van der Waals surface area contributed by atoms with Gasteiger partial charge in [-0.2, -0.15) is 0 Å². The van der Waals surface area contributed by atoms with Crippen molar-refractivity contribution in [3.63, 3.8) is 0 Å². The molecule has 2 rings (SSSR count). The number of methoxy groups -OCH3 is 1. The molecule has 0 aliphatic heterocycles. The largest absolute Gasteiger partial charge is 0.494 e. The van der Waals surface area contributed by atoms with Crippen LogP contribution in [-0.2, 0) is 0 Å². The third kappa shape index (κ3) is 3.15. The van der Waals surface area contributed by atoms with Crippen LogP contribution < -0.4 is 10.1 Å². The van der Waals surface area contributed by atoms with Crippen molar-refractivity contribution in [2.45, 2.75) is 13.0 Å². The second-order valence-corrected chi connectivity index (χ2v) is 4.46. The highest BCUT2D eigenvalue weighted by Crippen LogP contribution is 2.18. The van der Waals surface area contributed by atoms with Crippen molar-refractivity contribution in [3.05, 3.63) is 65.5 Å². The number of ether oxygens (including phenoxy) is 1. The summed E-state index contributed by atoms with van der Waals surface area (Å²) in [5, 5.41) is 2.83. The van der Waals surface area contributed by atoms with E-state index in [9.17, 15) is 9.18 Å². The Bertz CT molecular complexity index is 599. The van der Waals surface area contributed by atoms with E-state index in [2.05, 4.69) is 5.32 Å². The molecule has 2 aromatic rings. The van der Waals surface area contributed by atoms with Gasteiger partial charge in [0.2, 0.25) is 0 Å². The lowest BCUT2D eigenvalue weighted by molar-refractivity contribution is 0.0939. The first-order valence-corrected chi connectivity index (χ1v) is 6.31. The molecule has 0 aliphatic rings. The lowest BCUT2D eigenvalue weighted by Crippen LogP contribution is -2.26. The van der Waals surface area contributed by atoms with Crippen LogP contribution in [0.5, 0.6) is 5.75 Å². The molecule has 0 fully saturated rings. The fourth-order valence-corrected chi connectivity index (χ4v) is 1.91. The molecular weight excluding hydrogens is 257 g/mol. The molecule has 104 valence electrons. The average Bonchev–Trinajstić information content (AvgIpc) is 2.48. The molecule has 0 saturated carbocycles. The molecule has 0 saturated heterocycles. The molecule has 20 heavy (non-hydrogen) atoms. The van der Waals surface area contributed by atoms with Gasteiger partial charge in [0.05, 0.1) is 13.2 Å². The topological polar surface area (TPSA) is 38.3 Å². The molecule has 0 radical (unpaired) electrons. The quantitative estimate of drug-likeness (QED) is 0.928. The van der Waals surface area contributed by atoms with E-state index in [4.69, 9.17) is 4.74 Å². The van der Waals surface area contributed by atoms with Crippen LogP contribution in [0.1, 0.15) is 28.9 Å². The summed E-state index contributed by atoms with van der Waals surface area (Å²) in [5.74, 6) is -0.743. The zero-order valence-electron chi connectivity index (χ0n) is 11.4. The van der Waals surface area contributed by atoms with Gasteiger partial charge >= 0.3 is 0 Å². The minimum atomic E-state index is -0.549. The molecule has 1 unspecified atom stereocenters. The van der Waals surface area contributed by atoms with Crippen LogP contribution in [0, 0.1) is 5.82 Å². The average molecular weight is 273 g/mol. The summed E-state index contributed by atoms with van der Waals surface area (Å²) in [7, 11) is 1.38. The zero-order valence-corrected chi connectivity index (χ0v) is 11.4. The number of hydrogen-bond donors (Lipinski definition) is 1. The van der Waals surface area contributed by atoms with Gasteiger partial charge in [0, 0.05) is 5.56 Å². The Morgan fingerprint density at radius 3 is 2.50 bits per heavy atom. The minimum absolute atomic E-state index is 0.123. The molecule has 0 spiro atoms. The molecule has 1 amide bonds. The summed E-state index contributed by atoms with van der Waals surface area (Å²) in [6.07, 6.45) is 0. The lowest BCUT2D eigenvalue weighted by Gasteiger charge is -2.14. The summed E-state index contributed by atoms with van der Waals surface area (Å²) in [4.78, 5) is 12.1. The highest BCUT2D eigenvalue weighted by atomic mass is 19.1. The number of halogens is 1. The Morgan fingerprint density at radius 1 is 1.20 bits per heavy atom. The van der Waals surface area contributed by atoms with Crippen LogP contribution in [0.2, 0.25) is 0 Å². The van der Waals surface area contributed by atoms with Crippen molar-refractivity contribution in [1.29, 1.82) is 0 Å². The molecular formula is C16H16FNO2. The van der Waals surface area contributed by atoms with Crippen LogP contribution in [-0.4, -0.2) is 13.0 Å². The molecule has 1 atom stereocenters. The van der Waals surface area contributed by atoms with E-state index in [-0.39, 0.29) is 23.3 Å². The summed E-state index contributed by atoms with van der Waals surface area (Å²) in [6.45, 7) is 1.88. The van der Waals surface area contributed by atoms with Crippen molar-refractivity contribution >= 4 is 5.91 Å². The molecule has 3 nitrogen and oxygen atoms in total. The SMILES string of the molecule is COc1ccc(C(=O)NC(C)c2ccccc2)cc1F. The Balaban J connectivity index is 2.10. The molecule has 0 aliphatic carbocycles. The van der Waals surface area contributed by atoms with Gasteiger partial charge in [0.15, 0.2) is 11.6 Å². The zero-order chi connectivity index (χ0) is 14.5. The smallest absolute Gasteiger partial charge is 0.251 e. The van der Waals surface area contributed by atoms with Crippen LogP contribution in [0.25, 0.3) is 0 Å². The van der Waals surface area contributed by atoms with Gasteiger partial charge in [-0.15, -0.1) is 0 Å². The Labute approximate surface area is 117 Å². The highest BCUT2D eigenvalue weighted by Gasteiger charge is 2.13. The Hall–Kier alpha value is -2.36. The molecule has 0 bridgehead atoms. The summed E-state index contributed by atoms with van der Waals surface area (Å²) >= 11 is 0. The first kappa shape index (κ1) is 14.1. The standard InChI is InChI=1S/C16H16FNO2/c1-11(12-6-4-3-5-7-12)18-16(19)13-8-9-15(20-2)14(17)10-13/h3-11H,1-2H3,(H,18,19). The van der Waals surface area contributed by atoms with Crippen molar-refractivity contribution in [2.24, 2.45) is 0 Å². The van der Waals surface area contributed by atoms with E-state index in [1.807, 2.05) is 37.3 Å². The van der Waals surface area contributed by atoms with E-state index in [0.29, 0.717) is 0 Å². The number of nitrogens with one attached hydrogen (secondary N) is 1. The predicted molar refractivity (Wildman–Crippen MR) is 75.3 cm³/mol. The third-order valence-electron chi connectivity index (χ3n) is 3.06. The van der Waals surface area contributed by atoms with Gasteiger partial charge < -0.3 is 10.1 Å². The minimum Gasteiger partial charge on any atom is -0.494 e. The molecule has 1 N–H and O–H groups in total. The number of carbonyl (C=O) groups excluding carboxylic acids is 1. The Kier molecular flexibility index (Phi) is 4.35. The van der Waals surface area contributed by atoms with Gasteiger partial charge in [-0.05, 0) is 30.7 Å². The van der Waals surface area contributed by atoms with Crippen molar-refractivity contribution in [3.8, 4) is 5.75 Å². The van der Waals surface area contributed by atoms with E-state index >= 15 is 0 Å². The predicted octanol–water partition coefficient (Wildman–Crippen LogP) is 3.33. The summed E-state index contributed by atoms with van der Waals surface area (Å²) < 4.78 is 18.4. The van der Waals surface area contributed by atoms with E-state index < -0.39 is 5.82 Å². The lowest BCUT2D eigenvalue weighted by atomic mass is 10.1. The van der Waals surface area contributed by atoms with Crippen molar-refractivity contribution in [2.75, 3.05) is 7.11 Å². The number of rotatable bonds is 4. The number of hydrogen-bond acceptors (Lipinski definition) is 2. The van der Waals surface area contributed by atoms with Gasteiger partial charge in [-0.1, -0.05) is 30.3 Å². The second kappa shape index (κ2) is 6.19. The first-order chi connectivity index (χ1) is 9.61. The van der Waals surface area contributed by atoms with Crippen molar-refractivity contribution < 1.29 is 13.9 Å². The second-order valence-electron chi connectivity index (χ2n) is 4.46. The van der Waals surface area contributed by atoms with Crippen LogP contribution >= 0.6 is 0 Å². The summed E-state index contributed by atoms with van der Waals surface area (Å²) in [5.41, 5.74) is 1.26. The van der Waals surface area contributed by atoms with Gasteiger partial charge in [0.1, 0.15) is 0 Å². The van der Waals surface area contributed by atoms with Crippen LogP contribution in [0.3, 0.4) is 0 Å². The van der Waals surface area contributed by atoms with E-state index in [1.165, 1.54) is 25.3 Å². The van der Waals surface area contributed by atoms with Gasteiger partial charge in [-0.25, -0.2) is 4.39 Å². The van der Waals surface area contributed by atoms with Crippen molar-refractivity contribution in [1.82, 2.24) is 5.32 Å². The molecule has 0 aromatic heterocycles. The highest BCUT2D eigenvalue weighted by molar-refractivity contribution is 5.94. The first-order valence-electron chi connectivity index (χ1n) is 6.31. The number of carbonyl (C=O) groups is 1. The van der Waals surface area contributed by atoms with Gasteiger partial charge in [-0.3, -0.25) is 4.79 Å².